The van der Waals surface area contributed by atoms with Crippen LogP contribution in [-0.4, -0.2) is 27.3 Å². The highest BCUT2D eigenvalue weighted by atomic mass is 16.4. The van der Waals surface area contributed by atoms with Gasteiger partial charge in [-0.15, -0.1) is 0 Å². The normalized spacial score (nSPS) is 10.7. The number of carboxylic acids is 1. The van der Waals surface area contributed by atoms with Gasteiger partial charge in [0, 0.05) is 12.2 Å². The number of carboxylic acid groups (broad SMARTS) is 1. The van der Waals surface area contributed by atoms with E-state index in [1.165, 1.54) is 0 Å². The Morgan fingerprint density at radius 1 is 1.03 bits per heavy atom. The summed E-state index contributed by atoms with van der Waals surface area (Å²) in [5.41, 5.74) is 6.23. The minimum absolute atomic E-state index is 0.277. The maximum absolute atomic E-state index is 11.5. The van der Waals surface area contributed by atoms with Crippen LogP contribution in [0.3, 0.4) is 0 Å². The summed E-state index contributed by atoms with van der Waals surface area (Å²) in [6, 6.07) is 20.0. The molecule has 0 spiro atoms. The lowest BCUT2D eigenvalue weighted by Crippen LogP contribution is -2.03. The van der Waals surface area contributed by atoms with Gasteiger partial charge in [-0.05, 0) is 47.9 Å². The molecule has 148 valence electrons. The van der Waals surface area contributed by atoms with E-state index < -0.39 is 5.97 Å². The fraction of sp³-hybridized carbons (Fsp3) is 0.0833. The van der Waals surface area contributed by atoms with Crippen LogP contribution in [0.2, 0.25) is 0 Å². The molecular weight excluding hydrogens is 378 g/mol. The van der Waals surface area contributed by atoms with Gasteiger partial charge in [-0.25, -0.2) is 9.78 Å². The summed E-state index contributed by atoms with van der Waals surface area (Å²) in [5, 5.41) is 12.8. The molecule has 0 amide bonds. The molecular formula is C24H19N3O3. The average Bonchev–Trinajstić information content (AvgIpc) is 2.77. The van der Waals surface area contributed by atoms with Crippen LogP contribution in [0.15, 0.2) is 66.7 Å². The second-order valence-corrected chi connectivity index (χ2v) is 6.93. The topological polar surface area (TPSA) is 92.2 Å². The van der Waals surface area contributed by atoms with Crippen molar-refractivity contribution in [2.75, 3.05) is 5.32 Å². The van der Waals surface area contributed by atoms with Crippen molar-refractivity contribution in [3.05, 3.63) is 89.2 Å². The number of aldehydes is 1. The number of anilines is 1. The van der Waals surface area contributed by atoms with Crippen molar-refractivity contribution in [1.82, 2.24) is 9.97 Å². The third kappa shape index (κ3) is 3.89. The SMILES string of the molecule is Cc1cc(NCc2ccc(-c3ccccc3C(=O)O)cc2)c2nc(C=O)ccc2n1. The molecule has 6 heteroatoms. The summed E-state index contributed by atoms with van der Waals surface area (Å²) in [7, 11) is 0. The third-order valence-electron chi connectivity index (χ3n) is 4.83. The Labute approximate surface area is 173 Å². The van der Waals surface area contributed by atoms with Crippen molar-refractivity contribution in [1.29, 1.82) is 0 Å². The molecule has 0 aliphatic carbocycles. The van der Waals surface area contributed by atoms with Gasteiger partial charge in [-0.3, -0.25) is 9.78 Å². The summed E-state index contributed by atoms with van der Waals surface area (Å²) in [6.45, 7) is 2.46. The number of aromatic nitrogens is 2. The number of nitrogens with zero attached hydrogens (tertiary/aromatic N) is 2. The van der Waals surface area contributed by atoms with E-state index in [9.17, 15) is 14.7 Å². The number of rotatable bonds is 6. The number of benzene rings is 2. The van der Waals surface area contributed by atoms with Gasteiger partial charge in [0.25, 0.3) is 0 Å². The molecule has 2 N–H and O–H groups in total. The highest BCUT2D eigenvalue weighted by Crippen LogP contribution is 2.25. The number of fused-ring (bicyclic) bond motifs is 1. The van der Waals surface area contributed by atoms with E-state index in [0.717, 1.165) is 34.3 Å². The highest BCUT2D eigenvalue weighted by Gasteiger charge is 2.11. The van der Waals surface area contributed by atoms with Crippen LogP contribution in [0, 0.1) is 6.92 Å². The molecule has 2 aromatic heterocycles. The quantitative estimate of drug-likeness (QED) is 0.457. The molecule has 4 aromatic rings. The third-order valence-corrected chi connectivity index (χ3v) is 4.83. The Bertz CT molecular complexity index is 1250. The van der Waals surface area contributed by atoms with Crippen molar-refractivity contribution in [2.24, 2.45) is 0 Å². The molecule has 0 atom stereocenters. The zero-order chi connectivity index (χ0) is 21.1. The Hall–Kier alpha value is -4.06. The summed E-state index contributed by atoms with van der Waals surface area (Å²) in [4.78, 5) is 31.4. The lowest BCUT2D eigenvalue weighted by molar-refractivity contribution is 0.0697. The predicted octanol–water partition coefficient (Wildman–Crippen LogP) is 4.73. The van der Waals surface area contributed by atoms with Crippen LogP contribution < -0.4 is 5.32 Å². The maximum atomic E-state index is 11.5. The van der Waals surface area contributed by atoms with E-state index in [1.54, 1.807) is 30.3 Å². The first-order valence-corrected chi connectivity index (χ1v) is 9.44. The van der Waals surface area contributed by atoms with Gasteiger partial charge in [-0.1, -0.05) is 42.5 Å². The lowest BCUT2D eigenvalue weighted by Gasteiger charge is -2.11. The van der Waals surface area contributed by atoms with Gasteiger partial charge in [-0.2, -0.15) is 0 Å². The minimum Gasteiger partial charge on any atom is -0.478 e. The maximum Gasteiger partial charge on any atom is 0.336 e. The highest BCUT2D eigenvalue weighted by molar-refractivity contribution is 5.96. The zero-order valence-electron chi connectivity index (χ0n) is 16.3. The Morgan fingerprint density at radius 2 is 1.80 bits per heavy atom. The first-order chi connectivity index (χ1) is 14.5. The van der Waals surface area contributed by atoms with Crippen LogP contribution in [0.5, 0.6) is 0 Å². The van der Waals surface area contributed by atoms with Gasteiger partial charge < -0.3 is 10.4 Å². The van der Waals surface area contributed by atoms with Crippen molar-refractivity contribution in [3.8, 4) is 11.1 Å². The van der Waals surface area contributed by atoms with E-state index in [1.807, 2.05) is 43.3 Å². The largest absolute Gasteiger partial charge is 0.478 e. The number of nitrogens with one attached hydrogen (secondary N) is 1. The van der Waals surface area contributed by atoms with Crippen LogP contribution >= 0.6 is 0 Å². The smallest absolute Gasteiger partial charge is 0.336 e. The molecule has 2 aromatic carbocycles. The summed E-state index contributed by atoms with van der Waals surface area (Å²) in [6.07, 6.45) is 0.719. The molecule has 6 nitrogen and oxygen atoms in total. The molecule has 4 rings (SSSR count). The summed E-state index contributed by atoms with van der Waals surface area (Å²) < 4.78 is 0. The fourth-order valence-electron chi connectivity index (χ4n) is 3.38. The summed E-state index contributed by atoms with van der Waals surface area (Å²) in [5.74, 6) is -0.946. The fourth-order valence-corrected chi connectivity index (χ4v) is 3.38. The number of pyridine rings is 2. The second-order valence-electron chi connectivity index (χ2n) is 6.93. The average molecular weight is 397 g/mol. The van der Waals surface area contributed by atoms with Crippen molar-refractivity contribution >= 4 is 29.0 Å². The van der Waals surface area contributed by atoms with Crippen LogP contribution in [0.4, 0.5) is 5.69 Å². The first-order valence-electron chi connectivity index (χ1n) is 9.44. The molecule has 0 radical (unpaired) electrons. The van der Waals surface area contributed by atoms with Crippen molar-refractivity contribution < 1.29 is 14.7 Å². The predicted molar refractivity (Wildman–Crippen MR) is 116 cm³/mol. The zero-order valence-corrected chi connectivity index (χ0v) is 16.3. The van der Waals surface area contributed by atoms with E-state index in [2.05, 4.69) is 15.3 Å². The molecule has 0 aliphatic rings. The van der Waals surface area contributed by atoms with Gasteiger partial charge >= 0.3 is 5.97 Å². The van der Waals surface area contributed by atoms with E-state index in [-0.39, 0.29) is 5.56 Å². The molecule has 0 fully saturated rings. The number of hydrogen-bond donors (Lipinski definition) is 2. The minimum atomic E-state index is -0.946. The standard InChI is InChI=1S/C24H19N3O3/c1-15-12-22(23-21(26-15)11-10-18(14-28)27-23)25-13-16-6-8-17(9-7-16)19-4-2-3-5-20(19)24(29)30/h2-12,14H,13H2,1H3,(H,25,26)(H,29,30). The Morgan fingerprint density at radius 3 is 2.53 bits per heavy atom. The molecule has 0 saturated carbocycles. The van der Waals surface area contributed by atoms with Crippen molar-refractivity contribution in [3.63, 3.8) is 0 Å². The monoisotopic (exact) mass is 397 g/mol. The molecule has 0 unspecified atom stereocenters. The molecule has 2 heterocycles. The number of hydrogen-bond acceptors (Lipinski definition) is 5. The lowest BCUT2D eigenvalue weighted by atomic mass is 9.99. The van der Waals surface area contributed by atoms with E-state index in [4.69, 9.17) is 0 Å². The van der Waals surface area contributed by atoms with Gasteiger partial charge in [0.15, 0.2) is 6.29 Å². The molecule has 0 bridgehead atoms. The van der Waals surface area contributed by atoms with Crippen molar-refractivity contribution in [2.45, 2.75) is 13.5 Å². The summed E-state index contributed by atoms with van der Waals surface area (Å²) >= 11 is 0. The Balaban J connectivity index is 1.58. The number of carbonyl (C=O) groups is 2. The van der Waals surface area contributed by atoms with Gasteiger partial charge in [0.2, 0.25) is 0 Å². The number of aryl methyl sites for hydroxylation is 1. The van der Waals surface area contributed by atoms with Gasteiger partial charge in [0.05, 0.1) is 16.8 Å². The van der Waals surface area contributed by atoms with E-state index in [0.29, 0.717) is 23.3 Å². The van der Waals surface area contributed by atoms with Crippen LogP contribution in [-0.2, 0) is 6.54 Å². The molecule has 0 saturated heterocycles. The van der Waals surface area contributed by atoms with E-state index >= 15 is 0 Å². The first kappa shape index (κ1) is 19.3. The number of aromatic carboxylic acids is 1. The van der Waals surface area contributed by atoms with Gasteiger partial charge in [0.1, 0.15) is 11.2 Å². The molecule has 0 aliphatic heterocycles. The second kappa shape index (κ2) is 8.13. The van der Waals surface area contributed by atoms with Crippen LogP contribution in [0.1, 0.15) is 32.1 Å². The van der Waals surface area contributed by atoms with Crippen LogP contribution in [0.25, 0.3) is 22.2 Å². The number of carbonyl (C=O) groups excluding carboxylic acids is 1. The molecule has 30 heavy (non-hydrogen) atoms. The Kier molecular flexibility index (Phi) is 5.22.